The number of pyridine rings is 2. The number of carbonyl (C=O) groups is 3. The summed E-state index contributed by atoms with van der Waals surface area (Å²) in [6, 6.07) is 33.1. The van der Waals surface area contributed by atoms with Gasteiger partial charge in [0.2, 0.25) is 17.7 Å². The maximum absolute atomic E-state index is 12.7. The zero-order valence-corrected chi connectivity index (χ0v) is 41.0. The van der Waals surface area contributed by atoms with Crippen LogP contribution in [0.1, 0.15) is 107 Å². The van der Waals surface area contributed by atoms with Gasteiger partial charge in [0.25, 0.3) is 5.91 Å². The summed E-state index contributed by atoms with van der Waals surface area (Å²) >= 11 is 0. The van der Waals surface area contributed by atoms with Crippen LogP contribution in [0.15, 0.2) is 125 Å². The zero-order chi connectivity index (χ0) is 50.2. The van der Waals surface area contributed by atoms with Gasteiger partial charge in [-0.25, -0.2) is 9.97 Å². The quantitative estimate of drug-likeness (QED) is 0.0151. The lowest BCUT2D eigenvalue weighted by atomic mass is 9.86. The molecule has 0 fully saturated rings. The molecule has 3 heterocycles. The fourth-order valence-electron chi connectivity index (χ4n) is 7.15. The van der Waals surface area contributed by atoms with Gasteiger partial charge >= 0.3 is 0 Å². The first-order valence-corrected chi connectivity index (χ1v) is 24.9. The molecule has 8 N–H and O–H groups in total. The number of hydrogen-bond acceptors (Lipinski definition) is 14. The van der Waals surface area contributed by atoms with Gasteiger partial charge in [-0.3, -0.25) is 19.8 Å². The molecule has 19 heteroatoms. The van der Waals surface area contributed by atoms with E-state index in [0.29, 0.717) is 56.1 Å². The van der Waals surface area contributed by atoms with Gasteiger partial charge in [0.05, 0.1) is 29.0 Å². The number of carbonyl (C=O) groups excluding carboxylic acids is 3. The van der Waals surface area contributed by atoms with Gasteiger partial charge in [0.1, 0.15) is 22.7 Å². The van der Waals surface area contributed by atoms with Crippen molar-refractivity contribution in [1.82, 2.24) is 46.5 Å². The Kier molecular flexibility index (Phi) is 21.4. The summed E-state index contributed by atoms with van der Waals surface area (Å²) in [7, 11) is -2.40. The second-order valence-corrected chi connectivity index (χ2v) is 18.5. The first-order chi connectivity index (χ1) is 33.8. The van der Waals surface area contributed by atoms with E-state index in [2.05, 4.69) is 103 Å². The summed E-state index contributed by atoms with van der Waals surface area (Å²) in [4.78, 5) is 45.6. The molecular weight excluding hydrogens is 911 g/mol. The molecule has 70 heavy (non-hydrogen) atoms. The number of likely N-dealkylation sites (N-methyl/N-ethyl adjacent to an activating group) is 1. The van der Waals surface area contributed by atoms with Crippen LogP contribution in [0.3, 0.4) is 0 Å². The summed E-state index contributed by atoms with van der Waals surface area (Å²) in [6.07, 6.45) is 10.8. The molecular formula is C51H65N11O7S. The van der Waals surface area contributed by atoms with Crippen molar-refractivity contribution in [2.45, 2.75) is 101 Å². The van der Waals surface area contributed by atoms with Crippen LogP contribution < -0.4 is 26.1 Å². The average Bonchev–Trinajstić information content (AvgIpc) is 3.93. The SMILES string of the molecule is CC(C)(CCCCOc1cc(-c2ccccc2)cc(-c2ccccc2)n1)c1nn[nH]n1.CCCCCC(=O)NCCCCC(NC(=O)c1ccc(N/N=C/c2ccccc2S(O)(O)O)nc1)C(=O)NC. The number of rotatable bonds is 25. The van der Waals surface area contributed by atoms with E-state index < -0.39 is 22.8 Å². The standard InChI is InChI=1S/C26H38N6O6S.C25H27N5O/c1-3-4-5-13-24(33)28-16-9-8-11-21(26(35)27-2)31-25(34)20-14-15-23(29-17-20)32-30-18-19-10-6-7-12-22(19)39(36,37)38;1-25(2,24-27-29-30-28-24)15-9-10-16-31-23-18-21(19-11-5-3-6-12-19)17-22(26-23)20-13-7-4-8-14-20/h6-7,10,12,14-15,17-18,21,36-38H,3-5,8-9,11,13,16H2,1-2H3,(H,27,35)(H,28,33)(H,29,32)(H,31,34);3-8,11-14,17-18H,9-10,15-16H2,1-2H3,(H,27,28,29,30)/b30-18+;. The number of ether oxygens (including phenoxy) is 1. The Morgan fingerprint density at radius 3 is 2.24 bits per heavy atom. The zero-order valence-electron chi connectivity index (χ0n) is 40.2. The number of H-pyrrole nitrogens is 1. The van der Waals surface area contributed by atoms with Crippen LogP contribution in [0, 0.1) is 0 Å². The lowest BCUT2D eigenvalue weighted by Gasteiger charge is -2.20. The third-order valence-electron chi connectivity index (χ3n) is 11.1. The first kappa shape index (κ1) is 53.9. The smallest absolute Gasteiger partial charge is 0.253 e. The maximum Gasteiger partial charge on any atom is 0.253 e. The summed E-state index contributed by atoms with van der Waals surface area (Å²) in [6.45, 7) is 7.49. The Labute approximate surface area is 411 Å². The molecule has 0 spiro atoms. The van der Waals surface area contributed by atoms with E-state index in [1.165, 1.54) is 37.7 Å². The van der Waals surface area contributed by atoms with Gasteiger partial charge in [-0.05, 0) is 80.3 Å². The molecule has 18 nitrogen and oxygen atoms in total. The molecule has 3 aromatic carbocycles. The molecule has 1 unspecified atom stereocenters. The fourth-order valence-corrected chi connectivity index (χ4v) is 7.85. The monoisotopic (exact) mass is 975 g/mol. The van der Waals surface area contributed by atoms with Crippen LogP contribution in [0.2, 0.25) is 0 Å². The van der Waals surface area contributed by atoms with Crippen LogP contribution >= 0.6 is 10.9 Å². The van der Waals surface area contributed by atoms with Gasteiger partial charge < -0.3 is 34.3 Å². The van der Waals surface area contributed by atoms with E-state index in [9.17, 15) is 28.0 Å². The number of nitrogens with zero attached hydrogens (tertiary/aromatic N) is 6. The topological polar surface area (TPSA) is 262 Å². The van der Waals surface area contributed by atoms with Crippen molar-refractivity contribution in [1.29, 1.82) is 0 Å². The average molecular weight is 976 g/mol. The van der Waals surface area contributed by atoms with E-state index in [4.69, 9.17) is 9.72 Å². The molecule has 3 aromatic heterocycles. The Bertz CT molecular complexity index is 2490. The summed E-state index contributed by atoms with van der Waals surface area (Å²) < 4.78 is 34.7. The van der Waals surface area contributed by atoms with E-state index in [1.54, 1.807) is 18.2 Å². The maximum atomic E-state index is 12.7. The lowest BCUT2D eigenvalue weighted by Crippen LogP contribution is -2.45. The van der Waals surface area contributed by atoms with Gasteiger partial charge in [-0.2, -0.15) is 10.3 Å². The van der Waals surface area contributed by atoms with Crippen LogP contribution in [0.5, 0.6) is 5.88 Å². The van der Waals surface area contributed by atoms with Crippen LogP contribution in [-0.4, -0.2) is 94.4 Å². The normalized spacial score (nSPS) is 12.0. The van der Waals surface area contributed by atoms with Gasteiger partial charge in [-0.15, -0.1) is 10.2 Å². The van der Waals surface area contributed by atoms with Gasteiger partial charge in [0.15, 0.2) is 5.82 Å². The highest BCUT2D eigenvalue weighted by Crippen LogP contribution is 2.44. The molecule has 0 aliphatic rings. The van der Waals surface area contributed by atoms with Crippen molar-refractivity contribution in [2.75, 3.05) is 25.6 Å². The van der Waals surface area contributed by atoms with Crippen LogP contribution in [0.4, 0.5) is 5.82 Å². The third-order valence-corrected chi connectivity index (χ3v) is 12.1. The second-order valence-electron chi connectivity index (χ2n) is 17.0. The Morgan fingerprint density at radius 2 is 1.57 bits per heavy atom. The van der Waals surface area contributed by atoms with Gasteiger partial charge in [-0.1, -0.05) is 118 Å². The van der Waals surface area contributed by atoms with Crippen molar-refractivity contribution in [3.05, 3.63) is 132 Å². The Hall–Kier alpha value is -7.06. The second kappa shape index (κ2) is 27.8. The fraction of sp³-hybridized carbons (Fsp3) is 0.353. The third kappa shape index (κ3) is 17.8. The van der Waals surface area contributed by atoms with Crippen LogP contribution in [-0.2, 0) is 15.0 Å². The molecule has 3 amide bonds. The van der Waals surface area contributed by atoms with Crippen molar-refractivity contribution < 1.29 is 32.8 Å². The van der Waals surface area contributed by atoms with Crippen molar-refractivity contribution >= 4 is 40.6 Å². The molecule has 6 aromatic rings. The number of aromatic nitrogens is 6. The molecule has 0 radical (unpaired) electrons. The number of hydrazone groups is 1. The van der Waals surface area contributed by atoms with Crippen LogP contribution in [0.25, 0.3) is 22.4 Å². The predicted molar refractivity (Wildman–Crippen MR) is 274 cm³/mol. The molecule has 0 aliphatic carbocycles. The number of hydrogen-bond donors (Lipinski definition) is 8. The molecule has 0 aliphatic heterocycles. The number of amides is 3. The first-order valence-electron chi connectivity index (χ1n) is 23.4. The Balaban J connectivity index is 0.000000267. The number of anilines is 1. The highest BCUT2D eigenvalue weighted by molar-refractivity contribution is 8.19. The van der Waals surface area contributed by atoms with Gasteiger partial charge in [0, 0.05) is 48.8 Å². The van der Waals surface area contributed by atoms with E-state index >= 15 is 0 Å². The van der Waals surface area contributed by atoms with E-state index in [-0.39, 0.29) is 27.7 Å². The highest BCUT2D eigenvalue weighted by atomic mass is 32.3. The number of benzene rings is 3. The Morgan fingerprint density at radius 1 is 0.843 bits per heavy atom. The van der Waals surface area contributed by atoms with Crippen molar-refractivity contribution in [3.63, 3.8) is 0 Å². The summed E-state index contributed by atoms with van der Waals surface area (Å²) in [5, 5.41) is 26.6. The highest BCUT2D eigenvalue weighted by Gasteiger charge is 2.25. The minimum atomic E-state index is -3.90. The molecule has 1 atom stereocenters. The minimum absolute atomic E-state index is 0.0315. The summed E-state index contributed by atoms with van der Waals surface area (Å²) in [5.41, 5.74) is 7.34. The van der Waals surface area contributed by atoms with E-state index in [1.807, 2.05) is 42.5 Å². The number of nitrogens with one attached hydrogen (secondary N) is 5. The number of unbranched alkanes of at least 4 members (excludes halogenated alkanes) is 4. The lowest BCUT2D eigenvalue weighted by molar-refractivity contribution is -0.123. The predicted octanol–water partition coefficient (Wildman–Crippen LogP) is 9.28. The minimum Gasteiger partial charge on any atom is -0.478 e. The molecule has 0 saturated heterocycles. The molecule has 372 valence electrons. The number of tetrazole rings is 1. The molecule has 0 saturated carbocycles. The largest absolute Gasteiger partial charge is 0.478 e. The van der Waals surface area contributed by atoms with E-state index in [0.717, 1.165) is 66.7 Å². The van der Waals surface area contributed by atoms with Crippen molar-refractivity contribution in [2.24, 2.45) is 5.10 Å². The van der Waals surface area contributed by atoms with Crippen molar-refractivity contribution in [3.8, 4) is 28.3 Å². The summed E-state index contributed by atoms with van der Waals surface area (Å²) in [5.74, 6) is 0.972. The molecule has 6 rings (SSSR count). The molecule has 0 bridgehead atoms. The number of aromatic amines is 1.